The van der Waals surface area contributed by atoms with Crippen LogP contribution in [0.5, 0.6) is 0 Å². The smallest absolute Gasteiger partial charge is 0.240 e. The molecule has 1 aliphatic rings. The SMILES string of the molecule is NS(=O)(=O)Cc1ccc(NC(=O)CCNS(=O)(=O)c2ccc3c(c2)CCCC3)cc1. The molecule has 0 unspecified atom stereocenters. The number of fused-ring (bicyclic) bond motifs is 1. The third-order valence-electron chi connectivity index (χ3n) is 4.88. The molecule has 10 heteroatoms. The van der Waals surface area contributed by atoms with E-state index in [9.17, 15) is 21.6 Å². The van der Waals surface area contributed by atoms with Crippen molar-refractivity contribution >= 4 is 31.6 Å². The molecule has 0 radical (unpaired) electrons. The second kappa shape index (κ2) is 9.25. The molecule has 0 saturated carbocycles. The summed E-state index contributed by atoms with van der Waals surface area (Å²) in [6.07, 6.45) is 4.01. The normalized spacial score (nSPS) is 14.2. The van der Waals surface area contributed by atoms with Crippen molar-refractivity contribution in [1.82, 2.24) is 4.72 Å². The van der Waals surface area contributed by atoms with Crippen molar-refractivity contribution in [2.45, 2.75) is 42.8 Å². The van der Waals surface area contributed by atoms with E-state index in [-0.39, 0.29) is 29.5 Å². The number of nitrogens with two attached hydrogens (primary N) is 1. The van der Waals surface area contributed by atoms with Crippen LogP contribution in [-0.4, -0.2) is 29.3 Å². The minimum atomic E-state index is -3.68. The standard InChI is InChI=1S/C20H25N3O5S2/c21-29(25,26)14-15-5-8-18(9-6-15)23-20(24)11-12-22-30(27,28)19-10-7-16-3-1-2-4-17(16)13-19/h5-10,13,22H,1-4,11-12,14H2,(H,23,24)(H2,21,25,26). The van der Waals surface area contributed by atoms with E-state index in [1.54, 1.807) is 36.4 Å². The number of sulfonamides is 2. The first kappa shape index (κ1) is 22.4. The molecule has 30 heavy (non-hydrogen) atoms. The molecule has 0 aliphatic heterocycles. The molecule has 0 fully saturated rings. The second-order valence-electron chi connectivity index (χ2n) is 7.34. The number of benzene rings is 2. The van der Waals surface area contributed by atoms with E-state index < -0.39 is 20.0 Å². The zero-order valence-corrected chi connectivity index (χ0v) is 18.1. The van der Waals surface area contributed by atoms with Crippen LogP contribution in [0.25, 0.3) is 0 Å². The summed E-state index contributed by atoms with van der Waals surface area (Å²) in [5.41, 5.74) is 3.27. The Kier molecular flexibility index (Phi) is 6.91. The van der Waals surface area contributed by atoms with Gasteiger partial charge in [-0.25, -0.2) is 26.7 Å². The monoisotopic (exact) mass is 451 g/mol. The van der Waals surface area contributed by atoms with Gasteiger partial charge in [-0.2, -0.15) is 0 Å². The first-order valence-corrected chi connectivity index (χ1v) is 12.8. The summed E-state index contributed by atoms with van der Waals surface area (Å²) in [5.74, 6) is -0.645. The van der Waals surface area contributed by atoms with Gasteiger partial charge < -0.3 is 5.32 Å². The Balaban J connectivity index is 1.51. The summed E-state index contributed by atoms with van der Waals surface area (Å²) in [7, 11) is -7.30. The summed E-state index contributed by atoms with van der Waals surface area (Å²) >= 11 is 0. The van der Waals surface area contributed by atoms with Gasteiger partial charge in [0.2, 0.25) is 26.0 Å². The Morgan fingerprint density at radius 3 is 2.27 bits per heavy atom. The van der Waals surface area contributed by atoms with Crippen molar-refractivity contribution in [3.63, 3.8) is 0 Å². The van der Waals surface area contributed by atoms with Crippen LogP contribution in [0.15, 0.2) is 47.4 Å². The lowest BCUT2D eigenvalue weighted by molar-refractivity contribution is -0.116. The molecule has 2 aromatic rings. The van der Waals surface area contributed by atoms with Gasteiger partial charge in [0.05, 0.1) is 10.6 Å². The molecule has 8 nitrogen and oxygen atoms in total. The Morgan fingerprint density at radius 1 is 0.933 bits per heavy atom. The maximum atomic E-state index is 12.5. The lowest BCUT2D eigenvalue weighted by Gasteiger charge is -2.16. The van der Waals surface area contributed by atoms with Gasteiger partial charge in [-0.1, -0.05) is 18.2 Å². The molecule has 0 spiro atoms. The first-order chi connectivity index (χ1) is 14.1. The molecule has 0 saturated heterocycles. The van der Waals surface area contributed by atoms with E-state index in [0.29, 0.717) is 11.3 Å². The van der Waals surface area contributed by atoms with Crippen LogP contribution in [0.4, 0.5) is 5.69 Å². The molecule has 1 aliphatic carbocycles. The average molecular weight is 452 g/mol. The van der Waals surface area contributed by atoms with Gasteiger partial charge in [-0.15, -0.1) is 0 Å². The molecular formula is C20H25N3O5S2. The largest absolute Gasteiger partial charge is 0.326 e. The number of anilines is 1. The predicted octanol–water partition coefficient (Wildman–Crippen LogP) is 1.66. The van der Waals surface area contributed by atoms with E-state index in [0.717, 1.165) is 31.2 Å². The van der Waals surface area contributed by atoms with E-state index >= 15 is 0 Å². The quantitative estimate of drug-likeness (QED) is 0.561. The van der Waals surface area contributed by atoms with E-state index in [1.165, 1.54) is 5.56 Å². The van der Waals surface area contributed by atoms with Crippen molar-refractivity contribution in [2.24, 2.45) is 5.14 Å². The Bertz CT molecular complexity index is 1130. The van der Waals surface area contributed by atoms with Crippen LogP contribution in [0.3, 0.4) is 0 Å². The highest BCUT2D eigenvalue weighted by Crippen LogP contribution is 2.24. The second-order valence-corrected chi connectivity index (χ2v) is 10.7. The highest BCUT2D eigenvalue weighted by Gasteiger charge is 2.18. The summed E-state index contributed by atoms with van der Waals surface area (Å²) in [4.78, 5) is 12.3. The first-order valence-electron chi connectivity index (χ1n) is 9.63. The number of nitrogens with one attached hydrogen (secondary N) is 2. The van der Waals surface area contributed by atoms with Gasteiger partial charge in [0.15, 0.2) is 0 Å². The van der Waals surface area contributed by atoms with Crippen LogP contribution in [0.1, 0.15) is 36.0 Å². The summed E-state index contributed by atoms with van der Waals surface area (Å²) < 4.78 is 49.7. The number of aryl methyl sites for hydroxylation is 2. The van der Waals surface area contributed by atoms with Crippen molar-refractivity contribution < 1.29 is 21.6 Å². The molecule has 2 aromatic carbocycles. The van der Waals surface area contributed by atoms with Crippen molar-refractivity contribution in [2.75, 3.05) is 11.9 Å². The highest BCUT2D eigenvalue weighted by atomic mass is 32.2. The van der Waals surface area contributed by atoms with Crippen LogP contribution in [-0.2, 0) is 43.4 Å². The van der Waals surface area contributed by atoms with Gasteiger partial charge in [0.1, 0.15) is 0 Å². The maximum absolute atomic E-state index is 12.5. The number of hydrogen-bond donors (Lipinski definition) is 3. The molecule has 0 atom stereocenters. The molecule has 3 rings (SSSR count). The molecule has 162 valence electrons. The molecule has 4 N–H and O–H groups in total. The van der Waals surface area contributed by atoms with E-state index in [2.05, 4.69) is 10.0 Å². The zero-order valence-electron chi connectivity index (χ0n) is 16.4. The van der Waals surface area contributed by atoms with Crippen molar-refractivity contribution in [3.8, 4) is 0 Å². The highest BCUT2D eigenvalue weighted by molar-refractivity contribution is 7.89. The fourth-order valence-electron chi connectivity index (χ4n) is 3.40. The van der Waals surface area contributed by atoms with Crippen molar-refractivity contribution in [1.29, 1.82) is 0 Å². The Morgan fingerprint density at radius 2 is 1.60 bits per heavy atom. The molecule has 0 heterocycles. The van der Waals surface area contributed by atoms with Crippen molar-refractivity contribution in [3.05, 3.63) is 59.2 Å². The van der Waals surface area contributed by atoms with Crippen LogP contribution >= 0.6 is 0 Å². The third kappa shape index (κ3) is 6.36. The summed E-state index contributed by atoms with van der Waals surface area (Å²) in [5, 5.41) is 7.64. The lowest BCUT2D eigenvalue weighted by atomic mass is 9.92. The maximum Gasteiger partial charge on any atom is 0.240 e. The topological polar surface area (TPSA) is 135 Å². The lowest BCUT2D eigenvalue weighted by Crippen LogP contribution is -2.28. The van der Waals surface area contributed by atoms with Crippen LogP contribution < -0.4 is 15.2 Å². The van der Waals surface area contributed by atoms with Crippen LogP contribution in [0, 0.1) is 0 Å². The van der Waals surface area contributed by atoms with Gasteiger partial charge in [0.25, 0.3) is 0 Å². The van der Waals surface area contributed by atoms with Gasteiger partial charge in [-0.05, 0) is 66.6 Å². The minimum absolute atomic E-state index is 0.0330. The van der Waals surface area contributed by atoms with Gasteiger partial charge in [-0.3, -0.25) is 4.79 Å². The Labute approximate surface area is 177 Å². The van der Waals surface area contributed by atoms with Gasteiger partial charge in [0, 0.05) is 18.7 Å². The molecule has 0 bridgehead atoms. The number of amides is 1. The van der Waals surface area contributed by atoms with Crippen LogP contribution in [0.2, 0.25) is 0 Å². The number of primary sulfonamides is 1. The number of carbonyl (C=O) groups is 1. The predicted molar refractivity (Wildman–Crippen MR) is 115 cm³/mol. The summed E-state index contributed by atoms with van der Waals surface area (Å²) in [6.45, 7) is -0.0330. The summed E-state index contributed by atoms with van der Waals surface area (Å²) in [6, 6.07) is 11.4. The van der Waals surface area contributed by atoms with E-state index in [1.807, 2.05) is 6.07 Å². The average Bonchev–Trinajstić information content (AvgIpc) is 2.68. The van der Waals surface area contributed by atoms with Gasteiger partial charge >= 0.3 is 0 Å². The number of hydrogen-bond acceptors (Lipinski definition) is 5. The molecule has 0 aromatic heterocycles. The fourth-order valence-corrected chi connectivity index (χ4v) is 5.14. The number of carbonyl (C=O) groups excluding carboxylic acids is 1. The number of rotatable bonds is 8. The minimum Gasteiger partial charge on any atom is -0.326 e. The molecule has 1 amide bonds. The Hall–Kier alpha value is -2.27. The zero-order chi connectivity index (χ0) is 21.8. The molecular weight excluding hydrogens is 426 g/mol. The third-order valence-corrected chi connectivity index (χ3v) is 7.07. The van der Waals surface area contributed by atoms with E-state index in [4.69, 9.17) is 5.14 Å². The fraction of sp³-hybridized carbons (Fsp3) is 0.350.